The van der Waals surface area contributed by atoms with E-state index in [-0.39, 0.29) is 4.75 Å². The Bertz CT molecular complexity index is 991. The van der Waals surface area contributed by atoms with Crippen molar-refractivity contribution in [2.75, 3.05) is 5.32 Å². The van der Waals surface area contributed by atoms with Crippen LogP contribution in [0.25, 0.3) is 0 Å². The van der Waals surface area contributed by atoms with Crippen molar-refractivity contribution in [1.29, 1.82) is 0 Å². The molecule has 1 aliphatic carbocycles. The van der Waals surface area contributed by atoms with E-state index in [9.17, 15) is 0 Å². The fourth-order valence-electron chi connectivity index (χ4n) is 4.12. The molecule has 0 aliphatic heterocycles. The van der Waals surface area contributed by atoms with Crippen LogP contribution in [0.1, 0.15) is 35.1 Å². The molecule has 1 fully saturated rings. The fraction of sp³-hybridized carbons (Fsp3) is 0.172. The Balaban J connectivity index is 1.53. The van der Waals surface area contributed by atoms with Crippen LogP contribution >= 0.6 is 11.8 Å². The third kappa shape index (κ3) is 4.40. The number of rotatable bonds is 8. The van der Waals surface area contributed by atoms with Gasteiger partial charge >= 0.3 is 0 Å². The molecule has 1 nitrogen and oxygen atoms in total. The van der Waals surface area contributed by atoms with Gasteiger partial charge in [0.2, 0.25) is 0 Å². The van der Waals surface area contributed by atoms with E-state index in [4.69, 9.17) is 0 Å². The van der Waals surface area contributed by atoms with Crippen LogP contribution in [0, 0.1) is 0 Å². The van der Waals surface area contributed by atoms with Gasteiger partial charge in [0.1, 0.15) is 0 Å². The first-order chi connectivity index (χ1) is 15.3. The molecule has 1 N–H and O–H groups in total. The Kier molecular flexibility index (Phi) is 5.82. The number of hydrogen-bond acceptors (Lipinski definition) is 2. The van der Waals surface area contributed by atoms with Crippen LogP contribution in [-0.2, 0) is 10.5 Å². The summed E-state index contributed by atoms with van der Waals surface area (Å²) >= 11 is 1.99. The fourth-order valence-corrected chi connectivity index (χ4v) is 5.60. The van der Waals surface area contributed by atoms with E-state index in [2.05, 4.69) is 121 Å². The Morgan fingerprint density at radius 2 is 1.06 bits per heavy atom. The molecule has 154 valence electrons. The van der Waals surface area contributed by atoms with Gasteiger partial charge < -0.3 is 5.32 Å². The topological polar surface area (TPSA) is 12.0 Å². The summed E-state index contributed by atoms with van der Waals surface area (Å²) in [7, 11) is 0. The molecule has 0 heterocycles. The molecule has 1 aliphatic rings. The molecule has 4 aromatic carbocycles. The SMILES string of the molecule is c1ccc(C(SCc2ccc(NC3CC3)cc2)(c2ccccc2)c2ccccc2)cc1. The molecule has 0 radical (unpaired) electrons. The molecular weight excluding hydrogens is 394 g/mol. The Hall–Kier alpha value is -2.97. The largest absolute Gasteiger partial charge is 0.382 e. The zero-order valence-electron chi connectivity index (χ0n) is 17.6. The second-order valence-electron chi connectivity index (χ2n) is 8.18. The highest BCUT2D eigenvalue weighted by Gasteiger charge is 2.36. The third-order valence-electron chi connectivity index (χ3n) is 5.90. The molecule has 0 atom stereocenters. The van der Waals surface area contributed by atoms with Gasteiger partial charge in [0, 0.05) is 17.5 Å². The predicted octanol–water partition coefficient (Wildman–Crippen LogP) is 7.49. The smallest absolute Gasteiger partial charge is 0.0910 e. The summed E-state index contributed by atoms with van der Waals surface area (Å²) in [5.41, 5.74) is 6.51. The average Bonchev–Trinajstić information content (AvgIpc) is 3.67. The number of nitrogens with one attached hydrogen (secondary N) is 1. The maximum absolute atomic E-state index is 3.59. The standard InChI is InChI=1S/C29H27NS/c1-4-10-24(11-5-1)29(25-12-6-2-7-13-25,26-14-8-3-9-15-26)31-22-23-16-18-27(19-17-23)30-28-20-21-28/h1-19,28,30H,20-22H2. The van der Waals surface area contributed by atoms with Gasteiger partial charge in [-0.3, -0.25) is 0 Å². The molecule has 0 unspecified atom stereocenters. The molecule has 0 bridgehead atoms. The van der Waals surface area contributed by atoms with Crippen LogP contribution in [0.2, 0.25) is 0 Å². The minimum atomic E-state index is -0.269. The van der Waals surface area contributed by atoms with Gasteiger partial charge in [-0.25, -0.2) is 0 Å². The molecule has 0 spiro atoms. The predicted molar refractivity (Wildman–Crippen MR) is 134 cm³/mol. The first-order valence-corrected chi connectivity index (χ1v) is 12.0. The molecule has 31 heavy (non-hydrogen) atoms. The number of anilines is 1. The summed E-state index contributed by atoms with van der Waals surface area (Å²) in [6.45, 7) is 0. The quantitative estimate of drug-likeness (QED) is 0.296. The lowest BCUT2D eigenvalue weighted by molar-refractivity contribution is 0.893. The number of benzene rings is 4. The van der Waals surface area contributed by atoms with Crippen molar-refractivity contribution in [2.24, 2.45) is 0 Å². The number of thioether (sulfide) groups is 1. The highest BCUT2D eigenvalue weighted by molar-refractivity contribution is 7.99. The number of hydrogen-bond donors (Lipinski definition) is 1. The van der Waals surface area contributed by atoms with Crippen LogP contribution in [0.15, 0.2) is 115 Å². The van der Waals surface area contributed by atoms with E-state index in [1.54, 1.807) is 0 Å². The summed E-state index contributed by atoms with van der Waals surface area (Å²) in [5.74, 6) is 0.933. The summed E-state index contributed by atoms with van der Waals surface area (Å²) in [6, 6.07) is 42.4. The van der Waals surface area contributed by atoms with Crippen LogP contribution in [0.5, 0.6) is 0 Å². The lowest BCUT2D eigenvalue weighted by Gasteiger charge is -2.35. The third-order valence-corrected chi connectivity index (χ3v) is 7.52. The van der Waals surface area contributed by atoms with Crippen molar-refractivity contribution in [3.05, 3.63) is 138 Å². The monoisotopic (exact) mass is 421 g/mol. The zero-order valence-corrected chi connectivity index (χ0v) is 18.4. The second-order valence-corrected chi connectivity index (χ2v) is 9.37. The van der Waals surface area contributed by atoms with Gasteiger partial charge in [0.15, 0.2) is 0 Å². The van der Waals surface area contributed by atoms with E-state index in [0.29, 0.717) is 6.04 Å². The first-order valence-electron chi connectivity index (χ1n) is 11.0. The van der Waals surface area contributed by atoms with Crippen molar-refractivity contribution >= 4 is 17.4 Å². The van der Waals surface area contributed by atoms with Crippen LogP contribution in [0.4, 0.5) is 5.69 Å². The first kappa shape index (κ1) is 20.0. The Morgan fingerprint density at radius 1 is 0.613 bits per heavy atom. The lowest BCUT2D eigenvalue weighted by Crippen LogP contribution is -2.25. The lowest BCUT2D eigenvalue weighted by atomic mass is 9.84. The van der Waals surface area contributed by atoms with E-state index < -0.39 is 0 Å². The second kappa shape index (κ2) is 9.03. The molecule has 0 amide bonds. The Labute approximate surface area is 189 Å². The molecular formula is C29H27NS. The van der Waals surface area contributed by atoms with Crippen molar-refractivity contribution in [2.45, 2.75) is 29.4 Å². The van der Waals surface area contributed by atoms with Gasteiger partial charge in [0.25, 0.3) is 0 Å². The van der Waals surface area contributed by atoms with Crippen molar-refractivity contribution in [3.8, 4) is 0 Å². The summed E-state index contributed by atoms with van der Waals surface area (Å²) in [6.07, 6.45) is 2.59. The molecule has 4 aromatic rings. The van der Waals surface area contributed by atoms with E-state index in [0.717, 1.165) is 5.75 Å². The summed E-state index contributed by atoms with van der Waals surface area (Å²) in [4.78, 5) is 0. The van der Waals surface area contributed by atoms with Crippen molar-refractivity contribution in [3.63, 3.8) is 0 Å². The van der Waals surface area contributed by atoms with Crippen LogP contribution in [-0.4, -0.2) is 6.04 Å². The molecule has 5 rings (SSSR count). The van der Waals surface area contributed by atoms with E-state index >= 15 is 0 Å². The van der Waals surface area contributed by atoms with E-state index in [1.807, 2.05) is 11.8 Å². The summed E-state index contributed by atoms with van der Waals surface area (Å²) < 4.78 is -0.269. The van der Waals surface area contributed by atoms with Crippen molar-refractivity contribution in [1.82, 2.24) is 0 Å². The minimum absolute atomic E-state index is 0.269. The minimum Gasteiger partial charge on any atom is -0.382 e. The van der Waals surface area contributed by atoms with E-state index in [1.165, 1.54) is 40.8 Å². The van der Waals surface area contributed by atoms with Crippen LogP contribution in [0.3, 0.4) is 0 Å². The summed E-state index contributed by atoms with van der Waals surface area (Å²) in [5, 5.41) is 3.59. The van der Waals surface area contributed by atoms with Crippen molar-refractivity contribution < 1.29 is 0 Å². The molecule has 2 heteroatoms. The highest BCUT2D eigenvalue weighted by atomic mass is 32.2. The molecule has 1 saturated carbocycles. The average molecular weight is 422 g/mol. The maximum atomic E-state index is 3.59. The maximum Gasteiger partial charge on any atom is 0.0910 e. The molecule has 0 aromatic heterocycles. The van der Waals surface area contributed by atoms with Crippen LogP contribution < -0.4 is 5.32 Å². The zero-order chi connectivity index (χ0) is 20.9. The van der Waals surface area contributed by atoms with Gasteiger partial charge in [0.05, 0.1) is 4.75 Å². The van der Waals surface area contributed by atoms with Gasteiger partial charge in [-0.05, 0) is 47.2 Å². The van der Waals surface area contributed by atoms with Gasteiger partial charge in [-0.15, -0.1) is 11.8 Å². The van der Waals surface area contributed by atoms with Gasteiger partial charge in [-0.2, -0.15) is 0 Å². The molecule has 0 saturated heterocycles. The Morgan fingerprint density at radius 3 is 1.48 bits per heavy atom. The van der Waals surface area contributed by atoms with Gasteiger partial charge in [-0.1, -0.05) is 103 Å². The normalized spacial score (nSPS) is 13.7. The highest BCUT2D eigenvalue weighted by Crippen LogP contribution is 2.49.